The monoisotopic (exact) mass is 223 g/mol. The maximum absolute atomic E-state index is 11.7. The molecule has 1 saturated heterocycles. The number of nitrogens with zero attached hydrogens (tertiary/aromatic N) is 1. The maximum atomic E-state index is 11.7. The number of hydrogen-bond donors (Lipinski definition) is 0. The first-order valence-electron chi connectivity index (χ1n) is 4.71. The zero-order chi connectivity index (χ0) is 11.5. The normalized spacial score (nSPS) is 20.7. The van der Waals surface area contributed by atoms with Gasteiger partial charge in [0.2, 0.25) is 5.91 Å². The van der Waals surface area contributed by atoms with Gasteiger partial charge in [0.1, 0.15) is 6.61 Å². The van der Waals surface area contributed by atoms with Gasteiger partial charge in [-0.1, -0.05) is 0 Å². The first-order valence-corrected chi connectivity index (χ1v) is 4.71. The van der Waals surface area contributed by atoms with E-state index >= 15 is 0 Å². The largest absolute Gasteiger partial charge is 0.377 e. The van der Waals surface area contributed by atoms with Crippen molar-refractivity contribution >= 4 is 5.91 Å². The third-order valence-corrected chi connectivity index (χ3v) is 2.28. The summed E-state index contributed by atoms with van der Waals surface area (Å²) in [6.45, 7) is 1.42. The molecule has 0 unspecified atom stereocenters. The van der Waals surface area contributed by atoms with Crippen LogP contribution >= 0.6 is 0 Å². The summed E-state index contributed by atoms with van der Waals surface area (Å²) < 4.78 is 32.7. The minimum absolute atomic E-state index is 0.410. The lowest BCUT2D eigenvalue weighted by atomic mass is 10.0. The Kier molecular flexibility index (Phi) is 3.98. The van der Waals surface area contributed by atoms with Gasteiger partial charge in [0.25, 0.3) is 0 Å². The summed E-state index contributed by atoms with van der Waals surface area (Å²) in [5.41, 5.74) is -0.458. The lowest BCUT2D eigenvalue weighted by Crippen LogP contribution is -2.56. The van der Waals surface area contributed by atoms with Crippen LogP contribution in [0, 0.1) is 0 Å². The molecule has 0 atom stereocenters. The highest BCUT2D eigenvalue weighted by molar-refractivity contribution is 5.78. The summed E-state index contributed by atoms with van der Waals surface area (Å²) in [7, 11) is 0. The molecule has 1 aliphatic rings. The number of rotatable bonds is 3. The van der Waals surface area contributed by atoms with Gasteiger partial charge in [-0.25, -0.2) is 0 Å². The van der Waals surface area contributed by atoms with Crippen LogP contribution in [0.5, 0.6) is 0 Å². The average Bonchev–Trinajstić information content (AvgIpc) is 2.13. The summed E-state index contributed by atoms with van der Waals surface area (Å²) in [5, 5.41) is 0. The minimum atomic E-state index is -2.90. The number of carbonyl (C=O) groups is 1. The van der Waals surface area contributed by atoms with Crippen molar-refractivity contribution in [2.24, 2.45) is 0 Å². The molecule has 0 aromatic rings. The first-order chi connectivity index (χ1) is 6.93. The Hall–Kier alpha value is -0.750. The molecule has 1 amide bonds. The van der Waals surface area contributed by atoms with Crippen molar-refractivity contribution in [2.75, 3.05) is 26.4 Å². The van der Waals surface area contributed by atoms with Crippen LogP contribution in [-0.2, 0) is 14.3 Å². The summed E-state index contributed by atoms with van der Waals surface area (Å²) in [4.78, 5) is 13.0. The molecule has 0 N–H and O–H groups in total. The second-order valence-electron chi connectivity index (χ2n) is 3.98. The molecule has 15 heavy (non-hydrogen) atoms. The van der Waals surface area contributed by atoms with E-state index in [1.165, 1.54) is 4.90 Å². The molecule has 1 rings (SSSR count). The molecule has 0 aromatic carbocycles. The van der Waals surface area contributed by atoms with Crippen LogP contribution in [0.2, 0.25) is 0 Å². The highest BCUT2D eigenvalue weighted by Gasteiger charge is 2.34. The lowest BCUT2D eigenvalue weighted by Gasteiger charge is -2.42. The molecular formula is C9H15F2NO3. The number of alkyl halides is 2. The fraction of sp³-hybridized carbons (Fsp3) is 0.889. The van der Waals surface area contributed by atoms with Crippen molar-refractivity contribution in [3.05, 3.63) is 0 Å². The Bertz CT molecular complexity index is 233. The van der Waals surface area contributed by atoms with Gasteiger partial charge in [-0.05, 0) is 13.8 Å². The molecular weight excluding hydrogens is 208 g/mol. The highest BCUT2D eigenvalue weighted by Crippen LogP contribution is 2.19. The molecule has 1 heterocycles. The van der Waals surface area contributed by atoms with Gasteiger partial charge in [-0.2, -0.15) is 8.78 Å². The SMILES string of the molecule is CC1(C)COCCN1C(=O)COC(F)F. The van der Waals surface area contributed by atoms with Crippen LogP contribution in [0.25, 0.3) is 0 Å². The second kappa shape index (κ2) is 4.85. The second-order valence-corrected chi connectivity index (χ2v) is 3.98. The topological polar surface area (TPSA) is 38.8 Å². The van der Waals surface area contributed by atoms with Crippen molar-refractivity contribution in [1.29, 1.82) is 0 Å². The Balaban J connectivity index is 2.49. The van der Waals surface area contributed by atoms with Gasteiger partial charge < -0.3 is 14.4 Å². The predicted octanol–water partition coefficient (Wildman–Crippen LogP) is 0.863. The van der Waals surface area contributed by atoms with Crippen LogP contribution in [0.3, 0.4) is 0 Å². The maximum Gasteiger partial charge on any atom is 0.345 e. The Morgan fingerprint density at radius 1 is 1.60 bits per heavy atom. The fourth-order valence-corrected chi connectivity index (χ4v) is 1.53. The van der Waals surface area contributed by atoms with Crippen molar-refractivity contribution in [3.63, 3.8) is 0 Å². The van der Waals surface area contributed by atoms with Crippen molar-refractivity contribution < 1.29 is 23.0 Å². The smallest absolute Gasteiger partial charge is 0.345 e. The van der Waals surface area contributed by atoms with E-state index in [1.807, 2.05) is 13.8 Å². The predicted molar refractivity (Wildman–Crippen MR) is 48.6 cm³/mol. The lowest BCUT2D eigenvalue weighted by molar-refractivity contribution is -0.170. The van der Waals surface area contributed by atoms with Crippen molar-refractivity contribution in [1.82, 2.24) is 4.90 Å². The molecule has 0 saturated carbocycles. The van der Waals surface area contributed by atoms with Crippen molar-refractivity contribution in [2.45, 2.75) is 26.0 Å². The van der Waals surface area contributed by atoms with E-state index in [2.05, 4.69) is 4.74 Å². The van der Waals surface area contributed by atoms with E-state index in [4.69, 9.17) is 4.74 Å². The number of hydrogen-bond acceptors (Lipinski definition) is 3. The van der Waals surface area contributed by atoms with Crippen LogP contribution in [0.1, 0.15) is 13.8 Å². The Morgan fingerprint density at radius 3 is 2.80 bits per heavy atom. The average molecular weight is 223 g/mol. The third kappa shape index (κ3) is 3.39. The van der Waals surface area contributed by atoms with Crippen molar-refractivity contribution in [3.8, 4) is 0 Å². The minimum Gasteiger partial charge on any atom is -0.377 e. The number of amides is 1. The van der Waals surface area contributed by atoms with E-state index in [-0.39, 0.29) is 0 Å². The van der Waals surface area contributed by atoms with Gasteiger partial charge in [-0.15, -0.1) is 0 Å². The van der Waals surface area contributed by atoms with E-state index in [0.29, 0.717) is 19.8 Å². The third-order valence-electron chi connectivity index (χ3n) is 2.28. The van der Waals surface area contributed by atoms with Gasteiger partial charge in [-0.3, -0.25) is 4.79 Å². The summed E-state index contributed by atoms with van der Waals surface area (Å²) in [6, 6.07) is 0. The molecule has 0 aliphatic carbocycles. The van der Waals surface area contributed by atoms with Crippen LogP contribution < -0.4 is 0 Å². The Morgan fingerprint density at radius 2 is 2.27 bits per heavy atom. The van der Waals surface area contributed by atoms with E-state index in [9.17, 15) is 13.6 Å². The highest BCUT2D eigenvalue weighted by atomic mass is 19.3. The summed E-state index contributed by atoms with van der Waals surface area (Å²) in [5.74, 6) is -0.427. The molecule has 6 heteroatoms. The Labute approximate surface area is 87.1 Å². The zero-order valence-corrected chi connectivity index (χ0v) is 8.83. The zero-order valence-electron chi connectivity index (χ0n) is 8.83. The van der Waals surface area contributed by atoms with Gasteiger partial charge >= 0.3 is 6.61 Å². The molecule has 1 aliphatic heterocycles. The standard InChI is InChI=1S/C9H15F2NO3/c1-9(2)6-14-4-3-12(9)7(13)5-15-8(10)11/h8H,3-6H2,1-2H3. The van der Waals surface area contributed by atoms with E-state index in [0.717, 1.165) is 0 Å². The quantitative estimate of drug-likeness (QED) is 0.712. The van der Waals surface area contributed by atoms with Gasteiger partial charge in [0.15, 0.2) is 0 Å². The van der Waals surface area contributed by atoms with Crippen LogP contribution in [0.15, 0.2) is 0 Å². The van der Waals surface area contributed by atoms with Gasteiger partial charge in [0, 0.05) is 6.54 Å². The summed E-state index contributed by atoms with van der Waals surface area (Å²) in [6.07, 6.45) is 0. The van der Waals surface area contributed by atoms with Crippen LogP contribution in [0.4, 0.5) is 8.78 Å². The van der Waals surface area contributed by atoms with E-state index in [1.54, 1.807) is 0 Å². The van der Waals surface area contributed by atoms with E-state index < -0.39 is 24.7 Å². The molecule has 0 bridgehead atoms. The molecule has 0 radical (unpaired) electrons. The molecule has 88 valence electrons. The molecule has 1 fully saturated rings. The number of carbonyl (C=O) groups excluding carboxylic acids is 1. The van der Waals surface area contributed by atoms with Gasteiger partial charge in [0.05, 0.1) is 18.8 Å². The number of morpholine rings is 1. The molecule has 0 aromatic heterocycles. The first kappa shape index (κ1) is 12.3. The molecule has 0 spiro atoms. The number of halogens is 2. The molecule has 4 nitrogen and oxygen atoms in total. The fourth-order valence-electron chi connectivity index (χ4n) is 1.53. The summed E-state index contributed by atoms with van der Waals surface area (Å²) >= 11 is 0. The van der Waals surface area contributed by atoms with Crippen LogP contribution in [-0.4, -0.2) is 49.3 Å². The number of ether oxygens (including phenoxy) is 2.